The second-order valence-electron chi connectivity index (χ2n) is 3.91. The Morgan fingerprint density at radius 3 is 2.35 bits per heavy atom. The van der Waals surface area contributed by atoms with Gasteiger partial charge in [0.2, 0.25) is 5.75 Å². The molecule has 1 aliphatic heterocycles. The van der Waals surface area contributed by atoms with Crippen LogP contribution in [0, 0.1) is 0 Å². The van der Waals surface area contributed by atoms with Crippen LogP contribution in [0.15, 0.2) is 12.1 Å². The van der Waals surface area contributed by atoms with Gasteiger partial charge < -0.3 is 24.6 Å². The summed E-state index contributed by atoms with van der Waals surface area (Å²) in [5.41, 5.74) is 0. The summed E-state index contributed by atoms with van der Waals surface area (Å²) in [6.07, 6.45) is 1.14. The molecule has 0 saturated carbocycles. The van der Waals surface area contributed by atoms with E-state index in [4.69, 9.17) is 14.2 Å². The zero-order valence-corrected chi connectivity index (χ0v) is 10.0. The number of methoxy groups -OCH3 is 2. The smallest absolute Gasteiger partial charge is 0.201 e. The van der Waals surface area contributed by atoms with Crippen LogP contribution < -0.4 is 19.5 Å². The molecule has 94 valence electrons. The quantitative estimate of drug-likeness (QED) is 0.825. The second kappa shape index (κ2) is 5.14. The van der Waals surface area contributed by atoms with Gasteiger partial charge in [0.1, 0.15) is 11.9 Å². The van der Waals surface area contributed by atoms with Crippen LogP contribution in [-0.4, -0.2) is 38.5 Å². The van der Waals surface area contributed by atoms with Crippen molar-refractivity contribution in [1.82, 2.24) is 5.32 Å². The minimum Gasteiger partial charge on any atom is -0.502 e. The van der Waals surface area contributed by atoms with Crippen molar-refractivity contribution in [2.24, 2.45) is 0 Å². The Bertz CT molecular complexity index is 363. The highest BCUT2D eigenvalue weighted by molar-refractivity contribution is 5.54. The summed E-state index contributed by atoms with van der Waals surface area (Å²) in [6, 6.07) is 3.33. The van der Waals surface area contributed by atoms with E-state index in [1.807, 2.05) is 0 Å². The molecule has 2 N–H and O–H groups in total. The summed E-state index contributed by atoms with van der Waals surface area (Å²) in [6.45, 7) is 1.81. The summed E-state index contributed by atoms with van der Waals surface area (Å²) in [5.74, 6) is 1.34. The molecular formula is C12H17NO4. The zero-order valence-electron chi connectivity index (χ0n) is 10.0. The van der Waals surface area contributed by atoms with Crippen LogP contribution in [0.5, 0.6) is 23.0 Å². The average molecular weight is 239 g/mol. The molecule has 1 fully saturated rings. The first-order valence-corrected chi connectivity index (χ1v) is 5.57. The molecule has 0 aliphatic carbocycles. The third-order valence-electron chi connectivity index (χ3n) is 2.77. The monoisotopic (exact) mass is 239 g/mol. The number of nitrogens with one attached hydrogen (secondary N) is 1. The molecule has 5 nitrogen and oxygen atoms in total. The maximum atomic E-state index is 9.76. The van der Waals surface area contributed by atoms with Gasteiger partial charge in [-0.25, -0.2) is 0 Å². The van der Waals surface area contributed by atoms with E-state index >= 15 is 0 Å². The fraction of sp³-hybridized carbons (Fsp3) is 0.500. The predicted octanol–water partition coefficient (Wildman–Crippen LogP) is 1.15. The molecule has 1 heterocycles. The maximum absolute atomic E-state index is 9.76. The number of phenols is 1. The standard InChI is InChI=1S/C12H17NO4/c1-15-10-5-9(6-11(16-2)12(10)14)17-8-3-4-13-7-8/h5-6,8,13-14H,3-4,7H2,1-2H3. The van der Waals surface area contributed by atoms with Gasteiger partial charge in [0.15, 0.2) is 11.5 Å². The van der Waals surface area contributed by atoms with Crippen LogP contribution in [-0.2, 0) is 0 Å². The summed E-state index contributed by atoms with van der Waals surface area (Å²) >= 11 is 0. The largest absolute Gasteiger partial charge is 0.502 e. The Morgan fingerprint density at radius 2 is 1.88 bits per heavy atom. The van der Waals surface area contributed by atoms with Crippen molar-refractivity contribution in [3.05, 3.63) is 12.1 Å². The molecule has 1 atom stereocenters. The van der Waals surface area contributed by atoms with E-state index < -0.39 is 0 Å². The van der Waals surface area contributed by atoms with E-state index in [1.165, 1.54) is 14.2 Å². The molecule has 0 radical (unpaired) electrons. The van der Waals surface area contributed by atoms with E-state index in [1.54, 1.807) is 12.1 Å². The lowest BCUT2D eigenvalue weighted by molar-refractivity contribution is 0.220. The Balaban J connectivity index is 2.21. The van der Waals surface area contributed by atoms with Crippen molar-refractivity contribution in [3.8, 4) is 23.0 Å². The van der Waals surface area contributed by atoms with Crippen molar-refractivity contribution in [2.75, 3.05) is 27.3 Å². The Hall–Kier alpha value is -1.62. The molecular weight excluding hydrogens is 222 g/mol. The zero-order chi connectivity index (χ0) is 12.3. The predicted molar refractivity (Wildman–Crippen MR) is 63.1 cm³/mol. The van der Waals surface area contributed by atoms with Gasteiger partial charge in [-0.05, 0) is 13.0 Å². The molecule has 5 heteroatoms. The van der Waals surface area contributed by atoms with Crippen LogP contribution in [0.4, 0.5) is 0 Å². The topological polar surface area (TPSA) is 60.0 Å². The maximum Gasteiger partial charge on any atom is 0.201 e. The number of hydrogen-bond acceptors (Lipinski definition) is 5. The molecule has 2 rings (SSSR count). The van der Waals surface area contributed by atoms with Crippen LogP contribution in [0.25, 0.3) is 0 Å². The first kappa shape index (κ1) is 11.9. The first-order chi connectivity index (χ1) is 8.24. The summed E-state index contributed by atoms with van der Waals surface area (Å²) in [5, 5.41) is 13.0. The molecule has 0 spiro atoms. The number of aromatic hydroxyl groups is 1. The lowest BCUT2D eigenvalue weighted by Crippen LogP contribution is -2.19. The summed E-state index contributed by atoms with van der Waals surface area (Å²) in [7, 11) is 2.99. The molecule has 1 aromatic rings. The molecule has 17 heavy (non-hydrogen) atoms. The van der Waals surface area contributed by atoms with Gasteiger partial charge in [0, 0.05) is 18.7 Å². The number of benzene rings is 1. The lowest BCUT2D eigenvalue weighted by atomic mass is 10.2. The van der Waals surface area contributed by atoms with Crippen LogP contribution in [0.3, 0.4) is 0 Å². The summed E-state index contributed by atoms with van der Waals surface area (Å²) < 4.78 is 15.9. The van der Waals surface area contributed by atoms with Gasteiger partial charge >= 0.3 is 0 Å². The van der Waals surface area contributed by atoms with Crippen molar-refractivity contribution in [1.29, 1.82) is 0 Å². The van der Waals surface area contributed by atoms with Crippen LogP contribution >= 0.6 is 0 Å². The molecule has 1 aliphatic rings. The third-order valence-corrected chi connectivity index (χ3v) is 2.77. The van der Waals surface area contributed by atoms with Gasteiger partial charge in [-0.3, -0.25) is 0 Å². The molecule has 0 amide bonds. The summed E-state index contributed by atoms with van der Waals surface area (Å²) in [4.78, 5) is 0. The number of rotatable bonds is 4. The van der Waals surface area contributed by atoms with Crippen molar-refractivity contribution in [2.45, 2.75) is 12.5 Å². The van der Waals surface area contributed by atoms with Crippen molar-refractivity contribution < 1.29 is 19.3 Å². The minimum absolute atomic E-state index is 0.00750. The highest BCUT2D eigenvalue weighted by atomic mass is 16.5. The highest BCUT2D eigenvalue weighted by Gasteiger charge is 2.18. The fourth-order valence-corrected chi connectivity index (χ4v) is 1.86. The van der Waals surface area contributed by atoms with Gasteiger partial charge in [-0.15, -0.1) is 0 Å². The van der Waals surface area contributed by atoms with Crippen LogP contribution in [0.1, 0.15) is 6.42 Å². The average Bonchev–Trinajstić information content (AvgIpc) is 2.84. The lowest BCUT2D eigenvalue weighted by Gasteiger charge is -2.15. The second-order valence-corrected chi connectivity index (χ2v) is 3.91. The molecule has 0 bridgehead atoms. The van der Waals surface area contributed by atoms with E-state index in [2.05, 4.69) is 5.32 Å². The minimum atomic E-state index is -0.00750. The van der Waals surface area contributed by atoms with Gasteiger partial charge in [0.05, 0.1) is 14.2 Å². The SMILES string of the molecule is COc1cc(OC2CCNC2)cc(OC)c1O. The molecule has 1 saturated heterocycles. The Morgan fingerprint density at radius 1 is 1.24 bits per heavy atom. The Labute approximate surface area is 100 Å². The third kappa shape index (κ3) is 2.55. The number of phenolic OH excluding ortho intramolecular Hbond substituents is 1. The van der Waals surface area contributed by atoms with Crippen molar-refractivity contribution in [3.63, 3.8) is 0 Å². The first-order valence-electron chi connectivity index (χ1n) is 5.57. The van der Waals surface area contributed by atoms with Crippen molar-refractivity contribution >= 4 is 0 Å². The number of hydrogen-bond donors (Lipinski definition) is 2. The van der Waals surface area contributed by atoms with E-state index in [0.29, 0.717) is 17.2 Å². The van der Waals surface area contributed by atoms with E-state index in [-0.39, 0.29) is 11.9 Å². The van der Waals surface area contributed by atoms with Gasteiger partial charge in [-0.2, -0.15) is 0 Å². The van der Waals surface area contributed by atoms with Gasteiger partial charge in [-0.1, -0.05) is 0 Å². The fourth-order valence-electron chi connectivity index (χ4n) is 1.86. The molecule has 1 aromatic carbocycles. The number of ether oxygens (including phenoxy) is 3. The van der Waals surface area contributed by atoms with E-state index in [9.17, 15) is 5.11 Å². The van der Waals surface area contributed by atoms with E-state index in [0.717, 1.165) is 19.5 Å². The highest BCUT2D eigenvalue weighted by Crippen LogP contribution is 2.40. The van der Waals surface area contributed by atoms with Gasteiger partial charge in [0.25, 0.3) is 0 Å². The molecule has 1 unspecified atom stereocenters. The Kier molecular flexibility index (Phi) is 3.58. The van der Waals surface area contributed by atoms with Crippen LogP contribution in [0.2, 0.25) is 0 Å². The molecule has 0 aromatic heterocycles. The normalized spacial score (nSPS) is 19.1.